The normalized spacial score (nSPS) is 19.9. The maximum atomic E-state index is 5.93. The molecule has 27 heavy (non-hydrogen) atoms. The monoisotopic (exact) mass is 366 g/mol. The second kappa shape index (κ2) is 8.26. The van der Waals surface area contributed by atoms with Crippen molar-refractivity contribution in [2.45, 2.75) is 52.1 Å². The number of anilines is 1. The number of aryl methyl sites for hydroxylation is 1. The molecule has 1 atom stereocenters. The lowest BCUT2D eigenvalue weighted by molar-refractivity contribution is 0.226. The summed E-state index contributed by atoms with van der Waals surface area (Å²) in [6.07, 6.45) is 6.66. The van der Waals surface area contributed by atoms with Gasteiger partial charge in [-0.25, -0.2) is 4.98 Å². The molecule has 2 aliphatic rings. The van der Waals surface area contributed by atoms with E-state index in [9.17, 15) is 0 Å². The van der Waals surface area contributed by atoms with Crippen molar-refractivity contribution >= 4 is 5.69 Å². The second-order valence-electron chi connectivity index (χ2n) is 7.81. The van der Waals surface area contributed by atoms with Crippen LogP contribution in [-0.4, -0.2) is 47.2 Å². The Morgan fingerprint density at radius 1 is 1.19 bits per heavy atom. The van der Waals surface area contributed by atoms with Gasteiger partial charge in [-0.05, 0) is 57.4 Å². The van der Waals surface area contributed by atoms with E-state index in [0.29, 0.717) is 0 Å². The molecule has 1 saturated heterocycles. The Morgan fingerprint density at radius 3 is 2.89 bits per heavy atom. The molecule has 0 aromatic carbocycles. The van der Waals surface area contributed by atoms with E-state index in [1.807, 2.05) is 19.2 Å². The average Bonchev–Trinajstić information content (AvgIpc) is 3.10. The Labute approximate surface area is 162 Å². The van der Waals surface area contributed by atoms with Gasteiger partial charge >= 0.3 is 0 Å². The Morgan fingerprint density at radius 2 is 2.11 bits per heavy atom. The van der Waals surface area contributed by atoms with Crippen LogP contribution >= 0.6 is 0 Å². The maximum Gasteiger partial charge on any atom is 0.213 e. The van der Waals surface area contributed by atoms with E-state index in [-0.39, 0.29) is 0 Å². The maximum absolute atomic E-state index is 5.93. The highest BCUT2D eigenvalue weighted by atomic mass is 16.5. The molecule has 2 aliphatic heterocycles. The van der Waals surface area contributed by atoms with Crippen molar-refractivity contribution in [3.05, 3.63) is 47.4 Å². The van der Waals surface area contributed by atoms with Gasteiger partial charge < -0.3 is 14.5 Å². The Hall–Kier alpha value is -2.14. The smallest absolute Gasteiger partial charge is 0.213 e. The van der Waals surface area contributed by atoms with Crippen molar-refractivity contribution in [2.24, 2.45) is 0 Å². The fraction of sp³-hybridized carbons (Fsp3) is 0.545. The molecule has 2 aromatic rings. The van der Waals surface area contributed by atoms with Gasteiger partial charge in [0.1, 0.15) is 0 Å². The minimum absolute atomic E-state index is 0.735. The first-order valence-corrected chi connectivity index (χ1v) is 10.2. The molecule has 0 aliphatic carbocycles. The molecular formula is C22H30N4O. The van der Waals surface area contributed by atoms with Gasteiger partial charge in [0.15, 0.2) is 0 Å². The van der Waals surface area contributed by atoms with E-state index >= 15 is 0 Å². The first-order chi connectivity index (χ1) is 13.2. The number of hydrogen-bond acceptors (Lipinski definition) is 5. The van der Waals surface area contributed by atoms with Gasteiger partial charge in [0.05, 0.1) is 24.2 Å². The lowest BCUT2D eigenvalue weighted by Crippen LogP contribution is -2.31. The summed E-state index contributed by atoms with van der Waals surface area (Å²) in [7, 11) is 0. The molecule has 2 aromatic heterocycles. The summed E-state index contributed by atoms with van der Waals surface area (Å²) in [6.45, 7) is 9.33. The molecular weight excluding hydrogens is 336 g/mol. The van der Waals surface area contributed by atoms with Crippen molar-refractivity contribution in [1.29, 1.82) is 0 Å². The van der Waals surface area contributed by atoms with Gasteiger partial charge in [-0.1, -0.05) is 6.07 Å². The SMILES string of the molecule is Cc1ccc(N2CCc3nc(OCCCN4CCC[C@H]4C)ccc3C2)cn1. The number of pyridine rings is 2. The molecule has 0 unspecified atom stereocenters. The van der Waals surface area contributed by atoms with Crippen LogP contribution in [0.2, 0.25) is 0 Å². The summed E-state index contributed by atoms with van der Waals surface area (Å²) in [5, 5.41) is 0. The first-order valence-electron chi connectivity index (χ1n) is 10.2. The molecule has 0 N–H and O–H groups in total. The number of hydrogen-bond donors (Lipinski definition) is 0. The van der Waals surface area contributed by atoms with Gasteiger partial charge in [0.2, 0.25) is 5.88 Å². The lowest BCUT2D eigenvalue weighted by atomic mass is 10.1. The topological polar surface area (TPSA) is 41.5 Å². The number of ether oxygens (including phenoxy) is 1. The number of aromatic nitrogens is 2. The molecule has 1 fully saturated rings. The molecule has 5 heteroatoms. The Kier molecular flexibility index (Phi) is 5.58. The Balaban J connectivity index is 1.30. The fourth-order valence-corrected chi connectivity index (χ4v) is 4.11. The van der Waals surface area contributed by atoms with Crippen LogP contribution in [0.25, 0.3) is 0 Å². The zero-order valence-corrected chi connectivity index (χ0v) is 16.5. The molecule has 5 nitrogen and oxygen atoms in total. The zero-order chi connectivity index (χ0) is 18.6. The third-order valence-electron chi connectivity index (χ3n) is 5.81. The van der Waals surface area contributed by atoms with E-state index in [2.05, 4.69) is 39.9 Å². The Bertz CT molecular complexity index is 761. The fourth-order valence-electron chi connectivity index (χ4n) is 4.11. The van der Waals surface area contributed by atoms with Crippen LogP contribution in [0.5, 0.6) is 5.88 Å². The largest absolute Gasteiger partial charge is 0.478 e. The van der Waals surface area contributed by atoms with Crippen LogP contribution in [0.1, 0.15) is 43.1 Å². The summed E-state index contributed by atoms with van der Waals surface area (Å²) >= 11 is 0. The third kappa shape index (κ3) is 4.41. The zero-order valence-electron chi connectivity index (χ0n) is 16.5. The number of nitrogens with zero attached hydrogens (tertiary/aromatic N) is 4. The van der Waals surface area contributed by atoms with E-state index in [1.165, 1.54) is 36.3 Å². The summed E-state index contributed by atoms with van der Waals surface area (Å²) in [5.74, 6) is 0.772. The van der Waals surface area contributed by atoms with Gasteiger partial charge in [-0.3, -0.25) is 4.98 Å². The molecule has 144 valence electrons. The van der Waals surface area contributed by atoms with Gasteiger partial charge in [0, 0.05) is 43.9 Å². The molecule has 0 bridgehead atoms. The van der Waals surface area contributed by atoms with Crippen molar-refractivity contribution < 1.29 is 4.74 Å². The third-order valence-corrected chi connectivity index (χ3v) is 5.81. The van der Waals surface area contributed by atoms with Crippen molar-refractivity contribution in [3.63, 3.8) is 0 Å². The number of fused-ring (bicyclic) bond motifs is 1. The average molecular weight is 367 g/mol. The molecule has 0 spiro atoms. The summed E-state index contributed by atoms with van der Waals surface area (Å²) in [6, 6.07) is 9.16. The van der Waals surface area contributed by atoms with E-state index in [1.54, 1.807) is 0 Å². The predicted octanol–water partition coefficient (Wildman–Crippen LogP) is 3.60. The van der Waals surface area contributed by atoms with Crippen molar-refractivity contribution in [1.82, 2.24) is 14.9 Å². The van der Waals surface area contributed by atoms with Gasteiger partial charge in [0.25, 0.3) is 0 Å². The van der Waals surface area contributed by atoms with Crippen LogP contribution in [0, 0.1) is 6.92 Å². The highest BCUT2D eigenvalue weighted by molar-refractivity contribution is 5.47. The van der Waals surface area contributed by atoms with Crippen LogP contribution in [0.15, 0.2) is 30.5 Å². The van der Waals surface area contributed by atoms with E-state index in [0.717, 1.165) is 56.7 Å². The van der Waals surface area contributed by atoms with Crippen molar-refractivity contribution in [3.8, 4) is 5.88 Å². The highest BCUT2D eigenvalue weighted by Gasteiger charge is 2.20. The molecule has 4 heterocycles. The minimum Gasteiger partial charge on any atom is -0.478 e. The number of rotatable bonds is 6. The van der Waals surface area contributed by atoms with Crippen molar-refractivity contribution in [2.75, 3.05) is 31.1 Å². The summed E-state index contributed by atoms with van der Waals surface area (Å²) < 4.78 is 5.93. The summed E-state index contributed by atoms with van der Waals surface area (Å²) in [4.78, 5) is 14.1. The summed E-state index contributed by atoms with van der Waals surface area (Å²) in [5.41, 5.74) is 4.71. The van der Waals surface area contributed by atoms with E-state index < -0.39 is 0 Å². The standard InChI is InChI=1S/C22H30N4O/c1-17-6-8-20(15-23-17)26-13-10-21-19(16-26)7-9-22(24-21)27-14-4-12-25-11-3-5-18(25)2/h6-9,15,18H,3-5,10-14,16H2,1-2H3/t18-/m1/s1. The number of likely N-dealkylation sites (tertiary alicyclic amines) is 1. The van der Waals surface area contributed by atoms with Crippen LogP contribution in [0.3, 0.4) is 0 Å². The molecule has 4 rings (SSSR count). The quantitative estimate of drug-likeness (QED) is 0.731. The lowest BCUT2D eigenvalue weighted by Gasteiger charge is -2.30. The van der Waals surface area contributed by atoms with Crippen LogP contribution in [-0.2, 0) is 13.0 Å². The highest BCUT2D eigenvalue weighted by Crippen LogP contribution is 2.25. The predicted molar refractivity (Wildman–Crippen MR) is 108 cm³/mol. The molecule has 0 amide bonds. The van der Waals surface area contributed by atoms with Gasteiger partial charge in [-0.15, -0.1) is 0 Å². The van der Waals surface area contributed by atoms with E-state index in [4.69, 9.17) is 9.72 Å². The minimum atomic E-state index is 0.735. The molecule has 0 saturated carbocycles. The first kappa shape index (κ1) is 18.2. The van der Waals surface area contributed by atoms with Crippen LogP contribution < -0.4 is 9.64 Å². The van der Waals surface area contributed by atoms with Gasteiger partial charge in [-0.2, -0.15) is 0 Å². The molecule has 0 radical (unpaired) electrons. The van der Waals surface area contributed by atoms with Crippen LogP contribution in [0.4, 0.5) is 5.69 Å². The second-order valence-corrected chi connectivity index (χ2v) is 7.81.